The minimum atomic E-state index is -0.501. The molecule has 27 heavy (non-hydrogen) atoms. The third-order valence-electron chi connectivity index (χ3n) is 5.24. The van der Waals surface area contributed by atoms with Crippen LogP contribution in [0.25, 0.3) is 0 Å². The average Bonchev–Trinajstić information content (AvgIpc) is 2.64. The number of hydrogen-bond acceptors (Lipinski definition) is 2. The van der Waals surface area contributed by atoms with E-state index >= 15 is 0 Å². The fourth-order valence-electron chi connectivity index (χ4n) is 3.63. The van der Waals surface area contributed by atoms with E-state index in [1.165, 1.54) is 6.07 Å². The van der Waals surface area contributed by atoms with Crippen molar-refractivity contribution < 1.29 is 9.18 Å². The maximum atomic E-state index is 13.5. The van der Waals surface area contributed by atoms with E-state index in [9.17, 15) is 9.18 Å². The first-order valence-electron chi connectivity index (χ1n) is 9.17. The first-order valence-corrected chi connectivity index (χ1v) is 10.3. The molecule has 3 rings (SSSR count). The van der Waals surface area contributed by atoms with Gasteiger partial charge >= 0.3 is 0 Å². The van der Waals surface area contributed by atoms with Crippen LogP contribution in [0.5, 0.6) is 0 Å². The Morgan fingerprint density at radius 3 is 2.63 bits per heavy atom. The van der Waals surface area contributed by atoms with Gasteiger partial charge in [0, 0.05) is 11.0 Å². The Kier molecular flexibility index (Phi) is 6.90. The summed E-state index contributed by atoms with van der Waals surface area (Å²) in [7, 11) is 0. The number of piperidine rings is 1. The van der Waals surface area contributed by atoms with Crippen molar-refractivity contribution in [1.82, 2.24) is 4.90 Å². The first-order chi connectivity index (χ1) is 12.9. The molecule has 0 radical (unpaired) electrons. The summed E-state index contributed by atoms with van der Waals surface area (Å²) in [6.45, 7) is 3.05. The molecule has 1 amide bonds. The van der Waals surface area contributed by atoms with Crippen LogP contribution in [0, 0.1) is 11.7 Å². The number of nitrogens with two attached hydrogens (primary N) is 1. The predicted molar refractivity (Wildman–Crippen MR) is 111 cm³/mol. The van der Waals surface area contributed by atoms with Crippen molar-refractivity contribution in [2.45, 2.75) is 25.7 Å². The average molecular weight is 454 g/mol. The number of halogens is 3. The lowest BCUT2D eigenvalue weighted by Gasteiger charge is -2.32. The molecule has 1 fully saturated rings. The molecule has 1 heterocycles. The molecule has 1 saturated heterocycles. The van der Waals surface area contributed by atoms with Crippen molar-refractivity contribution in [3.05, 3.63) is 68.4 Å². The van der Waals surface area contributed by atoms with Crippen molar-refractivity contribution in [3.8, 4) is 0 Å². The van der Waals surface area contributed by atoms with Crippen molar-refractivity contribution in [2.75, 3.05) is 19.6 Å². The Balaban J connectivity index is 1.48. The van der Waals surface area contributed by atoms with Gasteiger partial charge in [0.15, 0.2) is 0 Å². The van der Waals surface area contributed by atoms with Gasteiger partial charge in [-0.15, -0.1) is 0 Å². The number of primary amides is 1. The molecule has 1 aliphatic heterocycles. The van der Waals surface area contributed by atoms with Crippen LogP contribution in [0.2, 0.25) is 5.02 Å². The zero-order chi connectivity index (χ0) is 19.4. The second-order valence-electron chi connectivity index (χ2n) is 7.15. The number of carbonyl (C=O) groups is 1. The van der Waals surface area contributed by atoms with Crippen LogP contribution in [0.1, 0.15) is 34.3 Å². The Morgan fingerprint density at radius 1 is 1.22 bits per heavy atom. The highest BCUT2D eigenvalue weighted by atomic mass is 79.9. The molecule has 2 aromatic carbocycles. The SMILES string of the molecule is NC(=O)c1ccc(CCN2CCC(Cc3cc(F)ccc3Br)CC2)cc1Cl. The number of carbonyl (C=O) groups excluding carboxylic acids is 1. The molecule has 144 valence electrons. The van der Waals surface area contributed by atoms with Gasteiger partial charge in [-0.05, 0) is 86.1 Å². The third kappa shape index (κ3) is 5.53. The lowest BCUT2D eigenvalue weighted by atomic mass is 9.90. The number of amides is 1. The molecule has 0 bridgehead atoms. The minimum Gasteiger partial charge on any atom is -0.366 e. The van der Waals surface area contributed by atoms with Gasteiger partial charge in [0.2, 0.25) is 5.91 Å². The van der Waals surface area contributed by atoms with Gasteiger partial charge < -0.3 is 10.6 Å². The lowest BCUT2D eigenvalue weighted by Crippen LogP contribution is -2.35. The summed E-state index contributed by atoms with van der Waals surface area (Å²) >= 11 is 9.64. The summed E-state index contributed by atoms with van der Waals surface area (Å²) in [5.74, 6) is -0.0890. The smallest absolute Gasteiger partial charge is 0.250 e. The van der Waals surface area contributed by atoms with Crippen LogP contribution >= 0.6 is 27.5 Å². The maximum absolute atomic E-state index is 13.5. The van der Waals surface area contributed by atoms with Gasteiger partial charge in [-0.1, -0.05) is 33.6 Å². The molecule has 0 aromatic heterocycles. The highest BCUT2D eigenvalue weighted by molar-refractivity contribution is 9.10. The van der Waals surface area contributed by atoms with Gasteiger partial charge in [0.1, 0.15) is 5.82 Å². The summed E-state index contributed by atoms with van der Waals surface area (Å²) in [5, 5.41) is 0.416. The molecule has 3 nitrogen and oxygen atoms in total. The highest BCUT2D eigenvalue weighted by Crippen LogP contribution is 2.27. The minimum absolute atomic E-state index is 0.174. The Labute approximate surface area is 172 Å². The molecule has 0 aliphatic carbocycles. The summed E-state index contributed by atoms with van der Waals surface area (Å²) in [4.78, 5) is 13.7. The molecule has 0 saturated carbocycles. The van der Waals surface area contributed by atoms with Crippen molar-refractivity contribution in [1.29, 1.82) is 0 Å². The van der Waals surface area contributed by atoms with E-state index < -0.39 is 5.91 Å². The predicted octanol–water partition coefficient (Wildman–Crippen LogP) is 4.84. The molecule has 2 N–H and O–H groups in total. The van der Waals surface area contributed by atoms with E-state index in [-0.39, 0.29) is 5.82 Å². The third-order valence-corrected chi connectivity index (χ3v) is 6.33. The molecular weight excluding hydrogens is 431 g/mol. The molecule has 0 atom stereocenters. The second-order valence-corrected chi connectivity index (χ2v) is 8.41. The molecule has 0 spiro atoms. The van der Waals surface area contributed by atoms with Crippen LogP contribution in [0.15, 0.2) is 40.9 Å². The van der Waals surface area contributed by atoms with Crippen LogP contribution < -0.4 is 5.73 Å². The zero-order valence-electron chi connectivity index (χ0n) is 15.1. The van der Waals surface area contributed by atoms with Gasteiger partial charge in [-0.3, -0.25) is 4.79 Å². The Bertz CT molecular complexity index is 822. The monoisotopic (exact) mass is 452 g/mol. The number of hydrogen-bond donors (Lipinski definition) is 1. The van der Waals surface area contributed by atoms with E-state index in [2.05, 4.69) is 20.8 Å². The largest absolute Gasteiger partial charge is 0.366 e. The number of nitrogens with zero attached hydrogens (tertiary/aromatic N) is 1. The number of likely N-dealkylation sites (tertiary alicyclic amines) is 1. The van der Waals surface area contributed by atoms with E-state index in [1.807, 2.05) is 12.1 Å². The summed E-state index contributed by atoms with van der Waals surface area (Å²) in [6.07, 6.45) is 4.03. The maximum Gasteiger partial charge on any atom is 0.250 e. The number of rotatable bonds is 6. The second kappa shape index (κ2) is 9.18. The zero-order valence-corrected chi connectivity index (χ0v) is 17.4. The lowest BCUT2D eigenvalue weighted by molar-refractivity contribution is 0.100. The van der Waals surface area contributed by atoms with Gasteiger partial charge in [-0.2, -0.15) is 0 Å². The van der Waals surface area contributed by atoms with Crippen LogP contribution in [0.4, 0.5) is 4.39 Å². The van der Waals surface area contributed by atoms with E-state index in [1.54, 1.807) is 18.2 Å². The van der Waals surface area contributed by atoms with E-state index in [4.69, 9.17) is 17.3 Å². The molecule has 1 aliphatic rings. The summed E-state index contributed by atoms with van der Waals surface area (Å²) < 4.78 is 14.4. The highest BCUT2D eigenvalue weighted by Gasteiger charge is 2.20. The van der Waals surface area contributed by atoms with Crippen LogP contribution in [0.3, 0.4) is 0 Å². The molecule has 6 heteroatoms. The molecule has 2 aromatic rings. The van der Waals surface area contributed by atoms with Crippen molar-refractivity contribution in [3.63, 3.8) is 0 Å². The van der Waals surface area contributed by atoms with E-state index in [0.29, 0.717) is 16.5 Å². The number of benzene rings is 2. The van der Waals surface area contributed by atoms with Crippen molar-refractivity contribution in [2.24, 2.45) is 11.7 Å². The fraction of sp³-hybridized carbons (Fsp3) is 0.381. The normalized spacial score (nSPS) is 15.8. The first kappa shape index (κ1) is 20.3. The molecular formula is C21H23BrClFN2O. The Hall–Kier alpha value is -1.43. The summed E-state index contributed by atoms with van der Waals surface area (Å²) in [5.41, 5.74) is 7.81. The van der Waals surface area contributed by atoms with Gasteiger partial charge in [0.25, 0.3) is 0 Å². The summed E-state index contributed by atoms with van der Waals surface area (Å²) in [6, 6.07) is 10.3. The topological polar surface area (TPSA) is 46.3 Å². The van der Waals surface area contributed by atoms with Crippen LogP contribution in [-0.2, 0) is 12.8 Å². The molecule has 0 unspecified atom stereocenters. The van der Waals surface area contributed by atoms with Crippen molar-refractivity contribution >= 4 is 33.4 Å². The fourth-order valence-corrected chi connectivity index (χ4v) is 4.33. The van der Waals surface area contributed by atoms with Gasteiger partial charge in [-0.25, -0.2) is 4.39 Å². The quantitative estimate of drug-likeness (QED) is 0.680. The van der Waals surface area contributed by atoms with E-state index in [0.717, 1.165) is 60.9 Å². The van der Waals surface area contributed by atoms with Gasteiger partial charge in [0.05, 0.1) is 10.6 Å². The standard InChI is InChI=1S/C21H23BrClFN2O/c22-19-4-2-17(24)13-16(19)11-15-6-9-26(10-7-15)8-5-14-1-3-18(21(25)27)20(23)12-14/h1-4,12-13,15H,5-11H2,(H2,25,27). The Morgan fingerprint density at radius 2 is 1.96 bits per heavy atom. The van der Waals surface area contributed by atoms with Crippen LogP contribution in [-0.4, -0.2) is 30.4 Å².